The van der Waals surface area contributed by atoms with Crippen molar-refractivity contribution in [3.63, 3.8) is 0 Å². The fraction of sp³-hybridized carbons (Fsp3) is 0.381. The molecular weight excluding hydrogens is 390 g/mol. The van der Waals surface area contributed by atoms with E-state index in [1.54, 1.807) is 36.1 Å². The minimum atomic E-state index is -0.360. The number of nitrogens with one attached hydrogen (secondary N) is 1. The van der Waals surface area contributed by atoms with Crippen molar-refractivity contribution in [1.82, 2.24) is 20.2 Å². The molecule has 30 heavy (non-hydrogen) atoms. The van der Waals surface area contributed by atoms with Gasteiger partial charge in [0.2, 0.25) is 5.82 Å². The first-order chi connectivity index (χ1) is 14.7. The van der Waals surface area contributed by atoms with Crippen molar-refractivity contribution in [2.45, 2.75) is 12.6 Å². The summed E-state index contributed by atoms with van der Waals surface area (Å²) in [6.45, 7) is 3.65. The maximum Gasteiger partial charge on any atom is 0.214 e. The van der Waals surface area contributed by atoms with Crippen LogP contribution in [0.5, 0.6) is 0 Å². The van der Waals surface area contributed by atoms with E-state index in [0.29, 0.717) is 56.4 Å². The molecule has 0 radical (unpaired) electrons. The second kappa shape index (κ2) is 9.27. The molecule has 0 amide bonds. The van der Waals surface area contributed by atoms with Gasteiger partial charge in [-0.25, -0.2) is 13.5 Å². The zero-order valence-corrected chi connectivity index (χ0v) is 16.8. The number of nitrogens with zero attached hydrogens (tertiary/aromatic N) is 5. The molecule has 2 aromatic carbocycles. The van der Waals surface area contributed by atoms with Crippen LogP contribution in [0.3, 0.4) is 0 Å². The molecule has 1 atom stereocenters. The van der Waals surface area contributed by atoms with Crippen molar-refractivity contribution >= 4 is 5.69 Å². The molecule has 2 heterocycles. The molecule has 0 bridgehead atoms. The van der Waals surface area contributed by atoms with Gasteiger partial charge in [0.25, 0.3) is 0 Å². The Hall–Kier alpha value is -2.91. The lowest BCUT2D eigenvalue weighted by Crippen LogP contribution is -3.15. The maximum absolute atomic E-state index is 14.8. The Morgan fingerprint density at radius 2 is 1.73 bits per heavy atom. The number of anilines is 1. The van der Waals surface area contributed by atoms with Gasteiger partial charge in [0, 0.05) is 7.11 Å². The fourth-order valence-electron chi connectivity index (χ4n) is 4.04. The van der Waals surface area contributed by atoms with Crippen molar-refractivity contribution in [1.29, 1.82) is 0 Å². The van der Waals surface area contributed by atoms with Crippen LogP contribution in [0.1, 0.15) is 17.4 Å². The Labute approximate surface area is 173 Å². The number of rotatable bonds is 7. The quantitative estimate of drug-likeness (QED) is 0.626. The Bertz CT molecular complexity index is 973. The summed E-state index contributed by atoms with van der Waals surface area (Å²) in [5.41, 5.74) is 1.16. The Morgan fingerprint density at radius 3 is 2.43 bits per heavy atom. The van der Waals surface area contributed by atoms with Gasteiger partial charge in [0.05, 0.1) is 50.6 Å². The van der Waals surface area contributed by atoms with E-state index < -0.39 is 0 Å². The Morgan fingerprint density at radius 1 is 1.03 bits per heavy atom. The van der Waals surface area contributed by atoms with Crippen LogP contribution in [0.15, 0.2) is 48.5 Å². The summed E-state index contributed by atoms with van der Waals surface area (Å²) in [6, 6.07) is 13.2. The fourth-order valence-corrected chi connectivity index (χ4v) is 4.04. The van der Waals surface area contributed by atoms with Crippen LogP contribution in [0.4, 0.5) is 14.5 Å². The smallest absolute Gasteiger partial charge is 0.214 e. The summed E-state index contributed by atoms with van der Waals surface area (Å²) in [5, 5.41) is 12.1. The molecule has 1 N–H and O–H groups in total. The highest BCUT2D eigenvalue weighted by molar-refractivity contribution is 5.47. The van der Waals surface area contributed by atoms with E-state index in [-0.39, 0.29) is 17.7 Å². The maximum atomic E-state index is 14.8. The number of methoxy groups -OCH3 is 1. The van der Waals surface area contributed by atoms with Crippen LogP contribution in [-0.4, -0.2) is 60.1 Å². The van der Waals surface area contributed by atoms with Gasteiger partial charge in [-0.3, -0.25) is 0 Å². The van der Waals surface area contributed by atoms with Gasteiger partial charge in [0.1, 0.15) is 11.6 Å². The topological polar surface area (TPSA) is 60.5 Å². The summed E-state index contributed by atoms with van der Waals surface area (Å²) in [5.74, 6) is 0.0921. The molecule has 7 nitrogen and oxygen atoms in total. The van der Waals surface area contributed by atoms with E-state index in [1.165, 1.54) is 12.1 Å². The first-order valence-electron chi connectivity index (χ1n) is 10.0. The molecule has 1 aliphatic heterocycles. The standard InChI is InChI=1S/C21H24F2N6O/c1-30-15-14-29-21(24-25-26-29)20(16-6-2-3-7-17(16)22)28-12-10-27(11-13-28)19-9-5-4-8-18(19)23/h2-9,20H,10-15H2,1H3/p+1/t20-/m1/s1. The largest absolute Gasteiger partial charge is 0.383 e. The van der Waals surface area contributed by atoms with Crippen LogP contribution in [0.25, 0.3) is 0 Å². The number of hydrogen-bond donors (Lipinski definition) is 1. The molecule has 9 heteroatoms. The highest BCUT2D eigenvalue weighted by Gasteiger charge is 2.36. The lowest BCUT2D eigenvalue weighted by atomic mass is 10.0. The minimum Gasteiger partial charge on any atom is -0.383 e. The number of hydrogen-bond acceptors (Lipinski definition) is 5. The van der Waals surface area contributed by atoms with Crippen molar-refractivity contribution < 1.29 is 18.4 Å². The normalized spacial score (nSPS) is 16.0. The van der Waals surface area contributed by atoms with Crippen molar-refractivity contribution in [3.05, 3.63) is 71.6 Å². The number of benzene rings is 2. The Kier molecular flexibility index (Phi) is 6.29. The third-order valence-electron chi connectivity index (χ3n) is 5.55. The average molecular weight is 415 g/mol. The molecule has 3 aromatic rings. The van der Waals surface area contributed by atoms with Gasteiger partial charge in [-0.2, -0.15) is 0 Å². The zero-order valence-electron chi connectivity index (χ0n) is 16.8. The van der Waals surface area contributed by atoms with Crippen LogP contribution in [0.2, 0.25) is 0 Å². The first-order valence-corrected chi connectivity index (χ1v) is 10.0. The van der Waals surface area contributed by atoms with Gasteiger partial charge >= 0.3 is 0 Å². The van der Waals surface area contributed by atoms with E-state index in [2.05, 4.69) is 15.5 Å². The summed E-state index contributed by atoms with van der Waals surface area (Å²) >= 11 is 0. The van der Waals surface area contributed by atoms with E-state index >= 15 is 0 Å². The van der Waals surface area contributed by atoms with Crippen LogP contribution >= 0.6 is 0 Å². The second-order valence-corrected chi connectivity index (χ2v) is 7.30. The zero-order chi connectivity index (χ0) is 20.9. The molecule has 1 fully saturated rings. The number of piperazine rings is 1. The van der Waals surface area contributed by atoms with Gasteiger partial charge in [-0.1, -0.05) is 24.3 Å². The second-order valence-electron chi connectivity index (χ2n) is 7.30. The number of aromatic nitrogens is 4. The highest BCUT2D eigenvalue weighted by Crippen LogP contribution is 2.22. The third kappa shape index (κ3) is 4.17. The van der Waals surface area contributed by atoms with Gasteiger partial charge < -0.3 is 14.5 Å². The number of ether oxygens (including phenoxy) is 1. The third-order valence-corrected chi connectivity index (χ3v) is 5.55. The van der Waals surface area contributed by atoms with Gasteiger partial charge in [0.15, 0.2) is 6.04 Å². The predicted octanol–water partition coefficient (Wildman–Crippen LogP) is 1.09. The molecule has 1 aromatic heterocycles. The van der Waals surface area contributed by atoms with Gasteiger partial charge in [-0.15, -0.1) is 5.10 Å². The molecule has 0 aliphatic carbocycles. The molecular formula is C21H25F2N6O+. The molecule has 1 saturated heterocycles. The van der Waals surface area contributed by atoms with Crippen LogP contribution < -0.4 is 9.80 Å². The predicted molar refractivity (Wildman–Crippen MR) is 107 cm³/mol. The summed E-state index contributed by atoms with van der Waals surface area (Å²) in [4.78, 5) is 3.17. The molecule has 0 spiro atoms. The van der Waals surface area contributed by atoms with Crippen molar-refractivity contribution in [3.8, 4) is 0 Å². The highest BCUT2D eigenvalue weighted by atomic mass is 19.1. The number of halogens is 2. The van der Waals surface area contributed by atoms with Crippen molar-refractivity contribution in [2.75, 3.05) is 44.8 Å². The molecule has 4 rings (SSSR count). The van der Waals surface area contributed by atoms with E-state index in [0.717, 1.165) is 4.90 Å². The molecule has 158 valence electrons. The van der Waals surface area contributed by atoms with Crippen molar-refractivity contribution in [2.24, 2.45) is 0 Å². The van der Waals surface area contributed by atoms with E-state index in [4.69, 9.17) is 4.74 Å². The lowest BCUT2D eigenvalue weighted by Gasteiger charge is -2.37. The molecule has 1 aliphatic rings. The van der Waals surface area contributed by atoms with E-state index in [9.17, 15) is 8.78 Å². The Balaban J connectivity index is 1.61. The average Bonchev–Trinajstić information content (AvgIpc) is 3.23. The van der Waals surface area contributed by atoms with Crippen LogP contribution in [0, 0.1) is 11.6 Å². The number of quaternary nitrogens is 1. The number of para-hydroxylation sites is 1. The molecule has 0 unspecified atom stereocenters. The molecule has 0 saturated carbocycles. The minimum absolute atomic E-state index is 0.227. The van der Waals surface area contributed by atoms with Crippen LogP contribution in [-0.2, 0) is 11.3 Å². The summed E-state index contributed by atoms with van der Waals surface area (Å²) < 4.78 is 35.8. The SMILES string of the molecule is COCCn1nnnc1[C@@H](c1ccccc1F)[NH+]1CCN(c2ccccc2F)CC1. The number of tetrazole rings is 1. The monoisotopic (exact) mass is 415 g/mol. The summed E-state index contributed by atoms with van der Waals surface area (Å²) in [6.07, 6.45) is 0. The first kappa shape index (κ1) is 20.4. The lowest BCUT2D eigenvalue weighted by molar-refractivity contribution is -0.927. The van der Waals surface area contributed by atoms with Gasteiger partial charge in [-0.05, 0) is 34.7 Å². The van der Waals surface area contributed by atoms with E-state index in [1.807, 2.05) is 17.0 Å². The summed E-state index contributed by atoms with van der Waals surface area (Å²) in [7, 11) is 1.62.